The Morgan fingerprint density at radius 1 is 0.923 bits per heavy atom. The summed E-state index contributed by atoms with van der Waals surface area (Å²) in [6, 6.07) is 3.88. The first-order valence-corrected chi connectivity index (χ1v) is 9.11. The number of esters is 1. The summed E-state index contributed by atoms with van der Waals surface area (Å²) in [5, 5.41) is 0. The van der Waals surface area contributed by atoms with E-state index in [4.69, 9.17) is 4.74 Å². The van der Waals surface area contributed by atoms with Crippen molar-refractivity contribution >= 4 is 5.97 Å². The van der Waals surface area contributed by atoms with Crippen LogP contribution in [-0.2, 0) is 70.2 Å². The Balaban J connectivity index is 0.00000169. The molecular weight excluding hydrogens is 488 g/mol. The molecule has 2 aliphatic rings. The Hall–Kier alpha value is 0.758. The van der Waals surface area contributed by atoms with Gasteiger partial charge in [0.05, 0.1) is 5.92 Å². The Kier molecular flexibility index (Phi) is 11.1. The summed E-state index contributed by atoms with van der Waals surface area (Å²) < 4.78 is 31.4. The van der Waals surface area contributed by atoms with E-state index in [0.717, 1.165) is 55.6 Å². The maximum absolute atomic E-state index is 13.1. The van der Waals surface area contributed by atoms with Gasteiger partial charge in [-0.2, -0.15) is 0 Å². The SMILES string of the molecule is CC1CCC(C2CCC(C(=O)Oc3cc(F)[c-]c(F)c3)CC2)CC1.[Y].[Y]. The topological polar surface area (TPSA) is 26.3 Å². The van der Waals surface area contributed by atoms with Crippen LogP contribution in [0.5, 0.6) is 5.75 Å². The monoisotopic (exact) mass is 513 g/mol. The van der Waals surface area contributed by atoms with E-state index in [0.29, 0.717) is 0 Å². The average molecular weight is 513 g/mol. The zero-order valence-corrected chi connectivity index (χ0v) is 21.0. The molecule has 0 amide bonds. The van der Waals surface area contributed by atoms with Crippen LogP contribution >= 0.6 is 0 Å². The second kappa shape index (κ2) is 11.7. The molecule has 0 N–H and O–H groups in total. The predicted molar refractivity (Wildman–Crippen MR) is 87.4 cm³/mol. The standard InChI is InChI=1S/C20H25F2O2.2Y/c1-13-2-4-14(5-3-13)15-6-8-16(9-7-15)20(23)24-19-11-17(21)10-18(22)12-19;;/h11-16H,2-9H2,1H3;;/q-1;;. The Labute approximate surface area is 205 Å². The molecule has 0 heterocycles. The molecule has 26 heavy (non-hydrogen) atoms. The quantitative estimate of drug-likeness (QED) is 0.312. The van der Waals surface area contributed by atoms with Gasteiger partial charge in [-0.3, -0.25) is 4.79 Å². The van der Waals surface area contributed by atoms with Gasteiger partial charge >= 0.3 is 5.97 Å². The second-order valence-corrected chi connectivity index (χ2v) is 7.56. The molecule has 0 aromatic heterocycles. The third-order valence-electron chi connectivity index (χ3n) is 5.83. The summed E-state index contributed by atoms with van der Waals surface area (Å²) >= 11 is 0. The van der Waals surface area contributed by atoms with Crippen molar-refractivity contribution in [2.75, 3.05) is 0 Å². The van der Waals surface area contributed by atoms with E-state index >= 15 is 0 Å². The zero-order valence-electron chi connectivity index (χ0n) is 15.3. The third kappa shape index (κ3) is 6.98. The number of hydrogen-bond acceptors (Lipinski definition) is 2. The molecule has 1 aromatic rings. The van der Waals surface area contributed by atoms with Gasteiger partial charge in [0.2, 0.25) is 0 Å². The summed E-state index contributed by atoms with van der Waals surface area (Å²) in [4.78, 5) is 12.2. The van der Waals surface area contributed by atoms with Crippen LogP contribution in [0.3, 0.4) is 0 Å². The summed E-state index contributed by atoms with van der Waals surface area (Å²) in [7, 11) is 0. The van der Waals surface area contributed by atoms with Crippen molar-refractivity contribution < 1.29 is 83.7 Å². The molecule has 2 aliphatic carbocycles. The van der Waals surface area contributed by atoms with Crippen molar-refractivity contribution in [1.82, 2.24) is 0 Å². The Bertz CT molecular complexity index is 561. The minimum atomic E-state index is -0.854. The fraction of sp³-hybridized carbons (Fsp3) is 0.650. The number of carbonyl (C=O) groups is 1. The molecule has 6 heteroatoms. The van der Waals surface area contributed by atoms with Crippen molar-refractivity contribution in [2.45, 2.75) is 58.3 Å². The molecule has 0 bridgehead atoms. The van der Waals surface area contributed by atoms with Gasteiger partial charge in [-0.15, -0.1) is 6.07 Å². The minimum absolute atomic E-state index is 0. The molecule has 2 radical (unpaired) electrons. The first-order valence-electron chi connectivity index (χ1n) is 9.11. The van der Waals surface area contributed by atoms with Gasteiger partial charge in [0.15, 0.2) is 0 Å². The predicted octanol–water partition coefficient (Wildman–Crippen LogP) is 5.30. The largest absolute Gasteiger partial charge is 0.453 e. The second-order valence-electron chi connectivity index (χ2n) is 7.56. The maximum Gasteiger partial charge on any atom is 0.312 e. The van der Waals surface area contributed by atoms with Gasteiger partial charge in [-0.05, 0) is 56.3 Å². The fourth-order valence-electron chi connectivity index (χ4n) is 4.32. The van der Waals surface area contributed by atoms with Gasteiger partial charge in [-0.1, -0.05) is 31.9 Å². The molecule has 2 fully saturated rings. The number of carbonyl (C=O) groups excluding carboxylic acids is 1. The summed E-state index contributed by atoms with van der Waals surface area (Å²) in [6.07, 6.45) is 9.05. The van der Waals surface area contributed by atoms with E-state index in [2.05, 4.69) is 6.92 Å². The number of benzene rings is 1. The normalized spacial score (nSPS) is 28.4. The van der Waals surface area contributed by atoms with Crippen molar-refractivity contribution in [2.24, 2.45) is 23.7 Å². The Morgan fingerprint density at radius 3 is 1.88 bits per heavy atom. The minimum Gasteiger partial charge on any atom is -0.453 e. The number of halogens is 2. The third-order valence-corrected chi connectivity index (χ3v) is 5.83. The fourth-order valence-corrected chi connectivity index (χ4v) is 4.32. The van der Waals surface area contributed by atoms with Crippen LogP contribution in [0.2, 0.25) is 0 Å². The Morgan fingerprint density at radius 2 is 1.38 bits per heavy atom. The molecule has 1 aromatic carbocycles. The van der Waals surface area contributed by atoms with Gasteiger partial charge in [-0.25, -0.2) is 8.78 Å². The number of ether oxygens (including phenoxy) is 1. The van der Waals surface area contributed by atoms with Gasteiger partial charge in [0.1, 0.15) is 0 Å². The van der Waals surface area contributed by atoms with Crippen molar-refractivity contribution in [1.29, 1.82) is 0 Å². The van der Waals surface area contributed by atoms with Crippen LogP contribution in [0.25, 0.3) is 0 Å². The molecule has 2 saturated carbocycles. The van der Waals surface area contributed by atoms with E-state index in [1.807, 2.05) is 6.07 Å². The molecule has 0 spiro atoms. The molecule has 2 nitrogen and oxygen atoms in total. The molecule has 138 valence electrons. The molecule has 0 aliphatic heterocycles. The average Bonchev–Trinajstić information content (AvgIpc) is 2.55. The van der Waals surface area contributed by atoms with Crippen LogP contribution in [0.1, 0.15) is 58.3 Å². The molecular formula is C20H25F2O2Y2-. The summed E-state index contributed by atoms with van der Waals surface area (Å²) in [5.41, 5.74) is 0. The van der Waals surface area contributed by atoms with E-state index in [1.165, 1.54) is 25.7 Å². The van der Waals surface area contributed by atoms with Crippen molar-refractivity contribution in [3.8, 4) is 5.75 Å². The molecule has 3 rings (SSSR count). The van der Waals surface area contributed by atoms with E-state index in [-0.39, 0.29) is 83.1 Å². The van der Waals surface area contributed by atoms with Gasteiger partial charge in [0, 0.05) is 82.8 Å². The van der Waals surface area contributed by atoms with Crippen LogP contribution in [0, 0.1) is 41.4 Å². The van der Waals surface area contributed by atoms with Crippen molar-refractivity contribution in [3.63, 3.8) is 0 Å². The van der Waals surface area contributed by atoms with Crippen LogP contribution in [0.4, 0.5) is 8.78 Å². The van der Waals surface area contributed by atoms with E-state index < -0.39 is 11.6 Å². The molecule has 0 unspecified atom stereocenters. The first kappa shape index (κ1) is 24.8. The van der Waals surface area contributed by atoms with Crippen LogP contribution in [-0.4, -0.2) is 5.97 Å². The van der Waals surface area contributed by atoms with Crippen LogP contribution < -0.4 is 4.74 Å². The number of rotatable bonds is 3. The van der Waals surface area contributed by atoms with E-state index in [9.17, 15) is 13.6 Å². The number of hydrogen-bond donors (Lipinski definition) is 0. The summed E-state index contributed by atoms with van der Waals surface area (Å²) in [5.74, 6) is 0.0956. The van der Waals surface area contributed by atoms with Gasteiger partial charge < -0.3 is 4.74 Å². The smallest absolute Gasteiger partial charge is 0.312 e. The summed E-state index contributed by atoms with van der Waals surface area (Å²) in [6.45, 7) is 2.33. The maximum atomic E-state index is 13.1. The molecule has 0 saturated heterocycles. The molecule has 0 atom stereocenters. The van der Waals surface area contributed by atoms with Gasteiger partial charge in [0.25, 0.3) is 0 Å². The van der Waals surface area contributed by atoms with Crippen LogP contribution in [0.15, 0.2) is 12.1 Å². The first-order chi connectivity index (χ1) is 11.5. The zero-order chi connectivity index (χ0) is 17.1. The van der Waals surface area contributed by atoms with Crippen molar-refractivity contribution in [3.05, 3.63) is 29.8 Å². The van der Waals surface area contributed by atoms with E-state index in [1.54, 1.807) is 0 Å².